The summed E-state index contributed by atoms with van der Waals surface area (Å²) in [6.07, 6.45) is 6.03. The number of amides is 2. The lowest BCUT2D eigenvalue weighted by Crippen LogP contribution is -2.41. The van der Waals surface area contributed by atoms with Crippen molar-refractivity contribution in [3.8, 4) is 0 Å². The third-order valence-corrected chi connectivity index (χ3v) is 4.55. The van der Waals surface area contributed by atoms with Crippen LogP contribution >= 0.6 is 11.8 Å². The molecule has 1 fully saturated rings. The van der Waals surface area contributed by atoms with Crippen molar-refractivity contribution in [2.24, 2.45) is 7.05 Å². The predicted molar refractivity (Wildman–Crippen MR) is 87.4 cm³/mol. The van der Waals surface area contributed by atoms with E-state index in [1.54, 1.807) is 4.68 Å². The van der Waals surface area contributed by atoms with Crippen molar-refractivity contribution in [1.82, 2.24) is 20.0 Å². The Kier molecular flexibility index (Phi) is 5.19. The van der Waals surface area contributed by atoms with Crippen LogP contribution in [0.4, 0.5) is 4.79 Å². The van der Waals surface area contributed by atoms with Gasteiger partial charge in [-0.3, -0.25) is 4.68 Å². The van der Waals surface area contributed by atoms with Crippen LogP contribution in [0.5, 0.6) is 0 Å². The number of aromatic nitrogens is 2. The van der Waals surface area contributed by atoms with Crippen LogP contribution in [-0.4, -0.2) is 43.8 Å². The number of urea groups is 1. The Balaban J connectivity index is 1.79. The van der Waals surface area contributed by atoms with Crippen LogP contribution < -0.4 is 5.32 Å². The highest BCUT2D eigenvalue weighted by atomic mass is 32.2. The molecule has 0 bridgehead atoms. The maximum absolute atomic E-state index is 12.3. The van der Waals surface area contributed by atoms with Crippen LogP contribution in [0.15, 0.2) is 12.4 Å². The number of hydrogen-bond acceptors (Lipinski definition) is 3. The van der Waals surface area contributed by atoms with Crippen molar-refractivity contribution in [1.29, 1.82) is 0 Å². The van der Waals surface area contributed by atoms with Gasteiger partial charge in [-0.25, -0.2) is 4.79 Å². The fraction of sp³-hybridized carbons (Fsp3) is 0.733. The molecule has 0 saturated heterocycles. The summed E-state index contributed by atoms with van der Waals surface area (Å²) in [7, 11) is 1.90. The zero-order valence-electron chi connectivity index (χ0n) is 13.4. The molecule has 0 aliphatic heterocycles. The van der Waals surface area contributed by atoms with Gasteiger partial charge in [0.05, 0.1) is 12.7 Å². The Morgan fingerprint density at radius 3 is 2.76 bits per heavy atom. The molecule has 1 heterocycles. The smallest absolute Gasteiger partial charge is 0.317 e. The first-order valence-electron chi connectivity index (χ1n) is 7.51. The summed E-state index contributed by atoms with van der Waals surface area (Å²) in [6, 6.07) is 0.455. The normalized spacial score (nSPS) is 15.0. The third-order valence-electron chi connectivity index (χ3n) is 3.27. The second-order valence-electron chi connectivity index (χ2n) is 6.57. The third kappa shape index (κ3) is 5.61. The van der Waals surface area contributed by atoms with E-state index in [1.165, 1.54) is 0 Å². The molecule has 2 amide bonds. The number of thioether (sulfide) groups is 1. The van der Waals surface area contributed by atoms with Gasteiger partial charge in [-0.15, -0.1) is 0 Å². The van der Waals surface area contributed by atoms with E-state index in [2.05, 4.69) is 31.2 Å². The summed E-state index contributed by atoms with van der Waals surface area (Å²) in [6.45, 7) is 7.95. The van der Waals surface area contributed by atoms with Crippen LogP contribution in [0, 0.1) is 0 Å². The number of carbonyl (C=O) groups is 1. The van der Waals surface area contributed by atoms with Crippen molar-refractivity contribution >= 4 is 17.8 Å². The monoisotopic (exact) mass is 310 g/mol. The molecule has 0 spiro atoms. The Bertz CT molecular complexity index is 476. The van der Waals surface area contributed by atoms with Crippen LogP contribution in [0.2, 0.25) is 0 Å². The Morgan fingerprint density at radius 1 is 1.52 bits per heavy atom. The molecule has 0 unspecified atom stereocenters. The van der Waals surface area contributed by atoms with Crippen LogP contribution in [0.3, 0.4) is 0 Å². The molecule has 1 aliphatic rings. The molecule has 118 valence electrons. The van der Waals surface area contributed by atoms with Crippen molar-refractivity contribution in [3.05, 3.63) is 18.0 Å². The Labute approximate surface area is 131 Å². The zero-order valence-corrected chi connectivity index (χ0v) is 14.2. The lowest BCUT2D eigenvalue weighted by Gasteiger charge is -2.23. The molecule has 0 atom stereocenters. The van der Waals surface area contributed by atoms with E-state index in [1.807, 2.05) is 36.1 Å². The molecular weight excluding hydrogens is 284 g/mol. The molecular formula is C15H26N4OS. The number of rotatable bonds is 6. The minimum atomic E-state index is 0.0517. The van der Waals surface area contributed by atoms with Gasteiger partial charge in [-0.2, -0.15) is 16.9 Å². The number of carbonyl (C=O) groups excluding carboxylic acids is 1. The van der Waals surface area contributed by atoms with Crippen molar-refractivity contribution in [3.63, 3.8) is 0 Å². The van der Waals surface area contributed by atoms with E-state index < -0.39 is 0 Å². The van der Waals surface area contributed by atoms with E-state index in [0.29, 0.717) is 12.6 Å². The number of nitrogens with zero attached hydrogens (tertiary/aromatic N) is 3. The van der Waals surface area contributed by atoms with Gasteiger partial charge in [0.25, 0.3) is 0 Å². The van der Waals surface area contributed by atoms with Crippen molar-refractivity contribution < 1.29 is 4.79 Å². The van der Waals surface area contributed by atoms with Gasteiger partial charge in [-0.05, 0) is 12.8 Å². The highest BCUT2D eigenvalue weighted by molar-refractivity contribution is 8.00. The topological polar surface area (TPSA) is 50.2 Å². The highest BCUT2D eigenvalue weighted by Crippen LogP contribution is 2.28. The molecule has 1 saturated carbocycles. The first-order chi connectivity index (χ1) is 9.85. The Hall–Kier alpha value is -1.17. The minimum absolute atomic E-state index is 0.0517. The maximum atomic E-state index is 12.3. The van der Waals surface area contributed by atoms with E-state index >= 15 is 0 Å². The second kappa shape index (κ2) is 6.73. The van der Waals surface area contributed by atoms with Gasteiger partial charge in [0, 0.05) is 41.9 Å². The number of aryl methyl sites for hydroxylation is 1. The van der Waals surface area contributed by atoms with Gasteiger partial charge in [0.1, 0.15) is 0 Å². The van der Waals surface area contributed by atoms with E-state index in [4.69, 9.17) is 0 Å². The highest BCUT2D eigenvalue weighted by Gasteiger charge is 2.32. The lowest BCUT2D eigenvalue weighted by atomic mass is 10.3. The molecule has 1 aromatic heterocycles. The summed E-state index contributed by atoms with van der Waals surface area (Å²) in [5.41, 5.74) is 1.09. The molecule has 1 N–H and O–H groups in total. The first-order valence-corrected chi connectivity index (χ1v) is 8.50. The van der Waals surface area contributed by atoms with Gasteiger partial charge in [0.15, 0.2) is 0 Å². The molecule has 21 heavy (non-hydrogen) atoms. The van der Waals surface area contributed by atoms with Crippen LogP contribution in [0.1, 0.15) is 39.2 Å². The molecule has 2 rings (SSSR count). The summed E-state index contributed by atoms with van der Waals surface area (Å²) in [5, 5.41) is 7.21. The predicted octanol–water partition coefficient (Wildman–Crippen LogP) is 2.63. The average Bonchev–Trinajstić information content (AvgIpc) is 3.14. The van der Waals surface area contributed by atoms with Gasteiger partial charge >= 0.3 is 6.03 Å². The van der Waals surface area contributed by atoms with Crippen molar-refractivity contribution in [2.45, 2.75) is 50.9 Å². The fourth-order valence-corrected chi connectivity index (χ4v) is 2.94. The summed E-state index contributed by atoms with van der Waals surface area (Å²) in [4.78, 5) is 14.3. The molecule has 0 aromatic carbocycles. The minimum Gasteiger partial charge on any atom is -0.337 e. The first kappa shape index (κ1) is 16.2. The number of nitrogens with one attached hydrogen (secondary N) is 1. The van der Waals surface area contributed by atoms with Gasteiger partial charge in [0.2, 0.25) is 0 Å². The maximum Gasteiger partial charge on any atom is 0.317 e. The fourth-order valence-electron chi connectivity index (χ4n) is 2.12. The van der Waals surface area contributed by atoms with Gasteiger partial charge in [-0.1, -0.05) is 20.8 Å². The Morgan fingerprint density at radius 2 is 2.24 bits per heavy atom. The van der Waals surface area contributed by atoms with Gasteiger partial charge < -0.3 is 10.2 Å². The zero-order chi connectivity index (χ0) is 15.5. The quantitative estimate of drug-likeness (QED) is 0.822. The average molecular weight is 310 g/mol. The molecule has 1 aromatic rings. The molecule has 0 radical (unpaired) electrons. The summed E-state index contributed by atoms with van der Waals surface area (Å²) < 4.78 is 2.02. The van der Waals surface area contributed by atoms with Crippen LogP contribution in [-0.2, 0) is 13.6 Å². The van der Waals surface area contributed by atoms with E-state index in [9.17, 15) is 4.79 Å². The van der Waals surface area contributed by atoms with Crippen LogP contribution in [0.25, 0.3) is 0 Å². The lowest BCUT2D eigenvalue weighted by molar-refractivity contribution is 0.192. The van der Waals surface area contributed by atoms with E-state index in [-0.39, 0.29) is 10.8 Å². The second-order valence-corrected chi connectivity index (χ2v) is 8.50. The van der Waals surface area contributed by atoms with E-state index in [0.717, 1.165) is 30.7 Å². The largest absolute Gasteiger partial charge is 0.337 e. The number of hydrogen-bond donors (Lipinski definition) is 1. The summed E-state index contributed by atoms with van der Waals surface area (Å²) >= 11 is 1.87. The molecule has 1 aliphatic carbocycles. The molecule has 6 heteroatoms. The van der Waals surface area contributed by atoms with Crippen molar-refractivity contribution in [2.75, 3.05) is 12.3 Å². The summed E-state index contributed by atoms with van der Waals surface area (Å²) in [5.74, 6) is 0.945. The standard InChI is InChI=1S/C15H26N4OS/c1-15(2,3)21-8-7-16-14(20)19(13-5-6-13)11-12-9-17-18(4)10-12/h9-10,13H,5-8,11H2,1-4H3,(H,16,20). The SMILES string of the molecule is Cn1cc(CN(C(=O)NCCSC(C)(C)C)C2CC2)cn1. The molecule has 5 nitrogen and oxygen atoms in total.